The fourth-order valence-electron chi connectivity index (χ4n) is 1.85. The van der Waals surface area contributed by atoms with Gasteiger partial charge in [-0.2, -0.15) is 0 Å². The average Bonchev–Trinajstić information content (AvgIpc) is 2.45. The molecule has 1 nitrogen and oxygen atoms in total. The zero-order chi connectivity index (χ0) is 16.0. The van der Waals surface area contributed by atoms with Crippen molar-refractivity contribution in [1.82, 2.24) is 0 Å². The summed E-state index contributed by atoms with van der Waals surface area (Å²) in [5.41, 5.74) is 2.63. The molecular weight excluding hydrogens is 288 g/mol. The van der Waals surface area contributed by atoms with E-state index in [1.165, 1.54) is 31.0 Å². The van der Waals surface area contributed by atoms with Crippen molar-refractivity contribution < 1.29 is 8.78 Å². The quantitative estimate of drug-likeness (QED) is 0.694. The third-order valence-electron chi connectivity index (χ3n) is 2.79. The first-order chi connectivity index (χ1) is 9.97. The van der Waals surface area contributed by atoms with E-state index in [0.717, 1.165) is 16.0 Å². The zero-order valence-corrected chi connectivity index (χ0v) is 13.9. The number of rotatable bonds is 3. The summed E-state index contributed by atoms with van der Waals surface area (Å²) in [6, 6.07) is 8.78. The van der Waals surface area contributed by atoms with Gasteiger partial charge in [0, 0.05) is 10.5 Å². The fraction of sp³-hybridized carbons (Fsp3) is 0.294. The zero-order valence-electron chi connectivity index (χ0n) is 13.1. The number of hydrogen-bond acceptors (Lipinski definition) is 2. The molecule has 0 atom stereocenters. The Hall–Kier alpha value is -1.55. The Morgan fingerprint density at radius 2 is 1.48 bits per heavy atom. The van der Waals surface area contributed by atoms with Crippen LogP contribution in [0.4, 0.5) is 14.5 Å². The molecule has 0 aliphatic rings. The average molecular weight is 309 g/mol. The minimum atomic E-state index is -0.545. The molecule has 0 amide bonds. The van der Waals surface area contributed by atoms with Gasteiger partial charge in [0.15, 0.2) is 5.82 Å². The van der Waals surface area contributed by atoms with Crippen LogP contribution in [0.5, 0.6) is 0 Å². The predicted octanol–water partition coefficient (Wildman–Crippen LogP) is 6.04. The number of halogens is 2. The Labute approximate surface area is 129 Å². The maximum absolute atomic E-state index is 13.8. The van der Waals surface area contributed by atoms with Gasteiger partial charge < -0.3 is 4.72 Å². The number of anilines is 1. The molecule has 0 saturated heterocycles. The Bertz CT molecular complexity index is 592. The second-order valence-electron chi connectivity index (χ2n) is 4.56. The summed E-state index contributed by atoms with van der Waals surface area (Å²) < 4.78 is 29.9. The van der Waals surface area contributed by atoms with Crippen molar-refractivity contribution >= 4 is 17.6 Å². The highest BCUT2D eigenvalue weighted by Gasteiger charge is 2.09. The van der Waals surface area contributed by atoms with Crippen molar-refractivity contribution in [2.75, 3.05) is 4.72 Å². The summed E-state index contributed by atoms with van der Waals surface area (Å²) in [6.07, 6.45) is 0. The van der Waals surface area contributed by atoms with E-state index >= 15 is 0 Å². The second-order valence-corrected chi connectivity index (χ2v) is 5.44. The Morgan fingerprint density at radius 1 is 0.905 bits per heavy atom. The highest BCUT2D eigenvalue weighted by atomic mass is 32.2. The second kappa shape index (κ2) is 8.03. The summed E-state index contributed by atoms with van der Waals surface area (Å²) in [5, 5.41) is 0. The number of hydrogen-bond donors (Lipinski definition) is 1. The van der Waals surface area contributed by atoms with Crippen LogP contribution in [0, 0.1) is 32.4 Å². The van der Waals surface area contributed by atoms with Crippen molar-refractivity contribution in [2.45, 2.75) is 39.5 Å². The van der Waals surface area contributed by atoms with Gasteiger partial charge in [-0.15, -0.1) is 0 Å². The number of nitrogens with one attached hydrogen (secondary N) is 1. The van der Waals surface area contributed by atoms with Gasteiger partial charge in [0.1, 0.15) is 5.82 Å². The lowest BCUT2D eigenvalue weighted by atomic mass is 10.2. The highest BCUT2D eigenvalue weighted by molar-refractivity contribution is 8.00. The molecule has 1 N–H and O–H groups in total. The molecule has 0 unspecified atom stereocenters. The molecule has 0 bridgehead atoms. The number of aryl methyl sites for hydroxylation is 2. The summed E-state index contributed by atoms with van der Waals surface area (Å²) in [5.74, 6) is -1.07. The molecule has 114 valence electrons. The molecule has 0 aromatic heterocycles. The Balaban J connectivity index is 0.00000106. The third kappa shape index (κ3) is 4.74. The van der Waals surface area contributed by atoms with E-state index in [2.05, 4.69) is 10.8 Å². The standard InChI is InChI=1S/C15H15F2NS.C2H6/c1-9-6-10(2)8-12(7-9)19-18-14-5-4-13(16)11(3)15(14)17;1-2/h4-8,18H,1-3H3;1-2H3. The first-order valence-corrected chi connectivity index (χ1v) is 7.75. The van der Waals surface area contributed by atoms with E-state index < -0.39 is 11.6 Å². The first-order valence-electron chi connectivity index (χ1n) is 6.93. The SMILES string of the molecule is CC.Cc1cc(C)cc(SNc2ccc(F)c(C)c2F)c1. The van der Waals surface area contributed by atoms with E-state index in [0.29, 0.717) is 5.69 Å². The topological polar surface area (TPSA) is 12.0 Å². The molecule has 0 heterocycles. The van der Waals surface area contributed by atoms with Crippen LogP contribution in [-0.4, -0.2) is 0 Å². The van der Waals surface area contributed by atoms with Gasteiger partial charge in [-0.25, -0.2) is 8.78 Å². The smallest absolute Gasteiger partial charge is 0.152 e. The Morgan fingerprint density at radius 3 is 2.05 bits per heavy atom. The minimum absolute atomic E-state index is 0.0334. The lowest BCUT2D eigenvalue weighted by molar-refractivity contribution is 0.571. The van der Waals surface area contributed by atoms with Crippen molar-refractivity contribution in [3.63, 3.8) is 0 Å². The van der Waals surface area contributed by atoms with Gasteiger partial charge in [0.2, 0.25) is 0 Å². The normalized spacial score (nSPS) is 9.86. The van der Waals surface area contributed by atoms with Crippen LogP contribution in [-0.2, 0) is 0 Å². The first kappa shape index (κ1) is 17.5. The van der Waals surface area contributed by atoms with Crippen molar-refractivity contribution in [1.29, 1.82) is 0 Å². The van der Waals surface area contributed by atoms with E-state index in [-0.39, 0.29) is 5.56 Å². The predicted molar refractivity (Wildman–Crippen MR) is 87.8 cm³/mol. The molecule has 0 radical (unpaired) electrons. The van der Waals surface area contributed by atoms with Crippen molar-refractivity contribution in [2.24, 2.45) is 0 Å². The van der Waals surface area contributed by atoms with Crippen LogP contribution in [0.15, 0.2) is 35.2 Å². The van der Waals surface area contributed by atoms with Gasteiger partial charge in [0.25, 0.3) is 0 Å². The molecule has 0 spiro atoms. The minimum Gasteiger partial charge on any atom is -0.323 e. The molecule has 2 aromatic rings. The van der Waals surface area contributed by atoms with Crippen LogP contribution in [0.25, 0.3) is 0 Å². The van der Waals surface area contributed by atoms with Crippen LogP contribution in [0.3, 0.4) is 0 Å². The number of benzene rings is 2. The van der Waals surface area contributed by atoms with Crippen LogP contribution in [0.2, 0.25) is 0 Å². The van der Waals surface area contributed by atoms with E-state index in [1.807, 2.05) is 39.8 Å². The molecule has 0 aliphatic heterocycles. The van der Waals surface area contributed by atoms with Gasteiger partial charge >= 0.3 is 0 Å². The maximum atomic E-state index is 13.8. The summed E-state index contributed by atoms with van der Waals surface area (Å²) in [7, 11) is 0. The molecule has 2 aromatic carbocycles. The molecular formula is C17H21F2NS. The summed E-state index contributed by atoms with van der Waals surface area (Å²) >= 11 is 1.32. The Kier molecular flexibility index (Phi) is 6.69. The molecule has 0 aliphatic carbocycles. The monoisotopic (exact) mass is 309 g/mol. The van der Waals surface area contributed by atoms with Gasteiger partial charge in [0.05, 0.1) is 5.69 Å². The van der Waals surface area contributed by atoms with Crippen LogP contribution >= 0.6 is 11.9 Å². The molecule has 2 rings (SSSR count). The van der Waals surface area contributed by atoms with Gasteiger partial charge in [-0.3, -0.25) is 0 Å². The maximum Gasteiger partial charge on any atom is 0.152 e. The summed E-state index contributed by atoms with van der Waals surface area (Å²) in [6.45, 7) is 9.46. The lowest BCUT2D eigenvalue weighted by Crippen LogP contribution is -1.96. The van der Waals surface area contributed by atoms with Crippen LogP contribution < -0.4 is 4.72 Å². The van der Waals surface area contributed by atoms with E-state index in [1.54, 1.807) is 0 Å². The largest absolute Gasteiger partial charge is 0.323 e. The molecule has 21 heavy (non-hydrogen) atoms. The van der Waals surface area contributed by atoms with E-state index in [4.69, 9.17) is 0 Å². The molecule has 0 saturated carbocycles. The van der Waals surface area contributed by atoms with Gasteiger partial charge in [-0.05, 0) is 68.1 Å². The highest BCUT2D eigenvalue weighted by Crippen LogP contribution is 2.27. The molecule has 0 fully saturated rings. The third-order valence-corrected chi connectivity index (χ3v) is 3.59. The van der Waals surface area contributed by atoms with Crippen molar-refractivity contribution in [3.8, 4) is 0 Å². The fourth-order valence-corrected chi connectivity index (χ4v) is 2.72. The molecule has 4 heteroatoms. The van der Waals surface area contributed by atoms with Crippen molar-refractivity contribution in [3.05, 3.63) is 58.7 Å². The lowest BCUT2D eigenvalue weighted by Gasteiger charge is -2.10. The van der Waals surface area contributed by atoms with Gasteiger partial charge in [-0.1, -0.05) is 19.9 Å². The summed E-state index contributed by atoms with van der Waals surface area (Å²) in [4.78, 5) is 0.999. The van der Waals surface area contributed by atoms with E-state index in [9.17, 15) is 8.78 Å². The van der Waals surface area contributed by atoms with Crippen LogP contribution in [0.1, 0.15) is 30.5 Å².